The molecule has 1 saturated heterocycles. The van der Waals surface area contributed by atoms with Crippen molar-refractivity contribution in [1.29, 1.82) is 0 Å². The number of hydrogen-bond donors (Lipinski definition) is 3. The van der Waals surface area contributed by atoms with E-state index in [1.165, 1.54) is 6.07 Å². The fourth-order valence-corrected chi connectivity index (χ4v) is 3.25. The Labute approximate surface area is 139 Å². The maximum Gasteiger partial charge on any atom is 0.251 e. The SMILES string of the molecule is O=C(NC1(c2ccc(Cl)cc2F)CCC1)C1CNC(CO)CO1. The van der Waals surface area contributed by atoms with Crippen LogP contribution in [0, 0.1) is 5.82 Å². The van der Waals surface area contributed by atoms with Gasteiger partial charge in [0.2, 0.25) is 0 Å². The summed E-state index contributed by atoms with van der Waals surface area (Å²) in [5.41, 5.74) is -0.207. The zero-order chi connectivity index (χ0) is 16.4. The first kappa shape index (κ1) is 16.6. The third kappa shape index (κ3) is 3.35. The molecule has 1 aromatic carbocycles. The number of hydrogen-bond acceptors (Lipinski definition) is 4. The van der Waals surface area contributed by atoms with E-state index in [4.69, 9.17) is 21.4 Å². The molecule has 1 aliphatic carbocycles. The molecule has 7 heteroatoms. The van der Waals surface area contributed by atoms with Crippen LogP contribution in [0.25, 0.3) is 0 Å². The molecule has 0 bridgehead atoms. The van der Waals surface area contributed by atoms with Gasteiger partial charge in [-0.3, -0.25) is 4.79 Å². The molecule has 2 fully saturated rings. The highest BCUT2D eigenvalue weighted by Crippen LogP contribution is 2.42. The number of carbonyl (C=O) groups is 1. The normalized spacial score (nSPS) is 26.4. The quantitative estimate of drug-likeness (QED) is 0.772. The number of morpholine rings is 1. The van der Waals surface area contributed by atoms with Crippen molar-refractivity contribution in [2.45, 2.75) is 36.9 Å². The number of amides is 1. The second-order valence-corrected chi connectivity index (χ2v) is 6.60. The van der Waals surface area contributed by atoms with Gasteiger partial charge in [-0.1, -0.05) is 17.7 Å². The van der Waals surface area contributed by atoms with Crippen LogP contribution in [0.1, 0.15) is 24.8 Å². The largest absolute Gasteiger partial charge is 0.395 e. The van der Waals surface area contributed by atoms with Crippen LogP contribution in [0.2, 0.25) is 5.02 Å². The number of benzene rings is 1. The average molecular weight is 343 g/mol. The van der Waals surface area contributed by atoms with Crippen molar-refractivity contribution < 1.29 is 19.0 Å². The first-order valence-corrected chi connectivity index (χ1v) is 8.15. The van der Waals surface area contributed by atoms with Gasteiger partial charge in [0.25, 0.3) is 5.91 Å². The van der Waals surface area contributed by atoms with Gasteiger partial charge in [-0.25, -0.2) is 4.39 Å². The fraction of sp³-hybridized carbons (Fsp3) is 0.562. The van der Waals surface area contributed by atoms with Gasteiger partial charge in [0.05, 0.1) is 24.8 Å². The van der Waals surface area contributed by atoms with E-state index >= 15 is 0 Å². The van der Waals surface area contributed by atoms with Crippen molar-refractivity contribution in [2.24, 2.45) is 0 Å². The Morgan fingerprint density at radius 1 is 1.52 bits per heavy atom. The van der Waals surface area contributed by atoms with E-state index in [9.17, 15) is 9.18 Å². The average Bonchev–Trinajstić information content (AvgIpc) is 2.51. The highest BCUT2D eigenvalue weighted by Gasteiger charge is 2.43. The Morgan fingerprint density at radius 3 is 2.83 bits per heavy atom. The first-order chi connectivity index (χ1) is 11.0. The van der Waals surface area contributed by atoms with Crippen molar-refractivity contribution in [3.8, 4) is 0 Å². The van der Waals surface area contributed by atoms with E-state index in [1.54, 1.807) is 12.1 Å². The summed E-state index contributed by atoms with van der Waals surface area (Å²) in [5, 5.41) is 15.4. The second-order valence-electron chi connectivity index (χ2n) is 6.16. The monoisotopic (exact) mass is 342 g/mol. The molecule has 126 valence electrons. The number of rotatable bonds is 4. The highest BCUT2D eigenvalue weighted by atomic mass is 35.5. The molecule has 2 aliphatic rings. The third-order valence-corrected chi connectivity index (χ3v) is 4.85. The maximum absolute atomic E-state index is 14.2. The van der Waals surface area contributed by atoms with Crippen LogP contribution in [0.15, 0.2) is 18.2 Å². The van der Waals surface area contributed by atoms with Gasteiger partial charge in [-0.15, -0.1) is 0 Å². The summed E-state index contributed by atoms with van der Waals surface area (Å²) < 4.78 is 19.7. The van der Waals surface area contributed by atoms with Crippen LogP contribution in [0.3, 0.4) is 0 Å². The molecule has 0 spiro atoms. The van der Waals surface area contributed by atoms with Crippen molar-refractivity contribution in [2.75, 3.05) is 19.8 Å². The van der Waals surface area contributed by atoms with Gasteiger partial charge in [0.1, 0.15) is 11.9 Å². The highest BCUT2D eigenvalue weighted by molar-refractivity contribution is 6.30. The molecule has 2 atom stereocenters. The van der Waals surface area contributed by atoms with Gasteiger partial charge in [0.15, 0.2) is 0 Å². The minimum Gasteiger partial charge on any atom is -0.395 e. The molecule has 2 unspecified atom stereocenters. The Kier molecular flexibility index (Phi) is 4.87. The number of halogens is 2. The smallest absolute Gasteiger partial charge is 0.251 e. The molecule has 1 aliphatic heterocycles. The molecule has 0 aromatic heterocycles. The van der Waals surface area contributed by atoms with Crippen LogP contribution in [0.4, 0.5) is 4.39 Å². The van der Waals surface area contributed by atoms with Gasteiger partial charge >= 0.3 is 0 Å². The minimum atomic E-state index is -0.678. The van der Waals surface area contributed by atoms with Gasteiger partial charge in [-0.2, -0.15) is 0 Å². The standard InChI is InChI=1S/C16H20ClFN2O3/c17-10-2-3-12(13(18)6-10)16(4-1-5-16)20-15(22)14-7-19-11(8-21)9-23-14/h2-3,6,11,14,19,21H,1,4-5,7-9H2,(H,20,22). The Morgan fingerprint density at radius 2 is 2.30 bits per heavy atom. The summed E-state index contributed by atoms with van der Waals surface area (Å²) in [6.07, 6.45) is 1.68. The lowest BCUT2D eigenvalue weighted by Crippen LogP contribution is -2.59. The molecule has 3 rings (SSSR count). The Hall–Kier alpha value is -1.21. The first-order valence-electron chi connectivity index (χ1n) is 7.77. The van der Waals surface area contributed by atoms with Crippen molar-refractivity contribution in [3.05, 3.63) is 34.6 Å². The molecule has 0 radical (unpaired) electrons. The van der Waals surface area contributed by atoms with E-state index in [-0.39, 0.29) is 25.2 Å². The van der Waals surface area contributed by atoms with Crippen molar-refractivity contribution in [3.63, 3.8) is 0 Å². The fourth-order valence-electron chi connectivity index (χ4n) is 3.10. The van der Waals surface area contributed by atoms with E-state index in [0.717, 1.165) is 6.42 Å². The van der Waals surface area contributed by atoms with Gasteiger partial charge in [-0.05, 0) is 31.4 Å². The van der Waals surface area contributed by atoms with Crippen LogP contribution in [-0.4, -0.2) is 42.9 Å². The van der Waals surface area contributed by atoms with Gasteiger partial charge < -0.3 is 20.5 Å². The topological polar surface area (TPSA) is 70.6 Å². The molecular weight excluding hydrogens is 323 g/mol. The molecular formula is C16H20ClFN2O3. The Bertz CT molecular complexity index is 587. The summed E-state index contributed by atoms with van der Waals surface area (Å²) >= 11 is 5.81. The molecule has 1 aromatic rings. The predicted molar refractivity (Wildman–Crippen MR) is 83.7 cm³/mol. The predicted octanol–water partition coefficient (Wildman–Crippen LogP) is 1.32. The minimum absolute atomic E-state index is 0.0335. The summed E-state index contributed by atoms with van der Waals surface area (Å²) in [7, 11) is 0. The van der Waals surface area contributed by atoms with E-state index in [2.05, 4.69) is 10.6 Å². The van der Waals surface area contributed by atoms with Crippen LogP contribution < -0.4 is 10.6 Å². The number of carbonyl (C=O) groups excluding carboxylic acids is 1. The zero-order valence-corrected chi connectivity index (χ0v) is 13.4. The van der Waals surface area contributed by atoms with E-state index in [0.29, 0.717) is 30.0 Å². The summed E-state index contributed by atoms with van der Waals surface area (Å²) in [6.45, 7) is 0.571. The zero-order valence-electron chi connectivity index (χ0n) is 12.6. The summed E-state index contributed by atoms with van der Waals surface area (Å²) in [5.74, 6) is -0.663. The maximum atomic E-state index is 14.2. The lowest BCUT2D eigenvalue weighted by Gasteiger charge is -2.44. The number of aliphatic hydroxyl groups is 1. The van der Waals surface area contributed by atoms with E-state index < -0.39 is 17.5 Å². The molecule has 1 amide bonds. The molecule has 3 N–H and O–H groups in total. The lowest BCUT2D eigenvalue weighted by atomic mass is 9.71. The van der Waals surface area contributed by atoms with Crippen LogP contribution >= 0.6 is 11.6 Å². The summed E-state index contributed by atoms with van der Waals surface area (Å²) in [4.78, 5) is 12.5. The van der Waals surface area contributed by atoms with Crippen LogP contribution in [0.5, 0.6) is 0 Å². The van der Waals surface area contributed by atoms with Crippen molar-refractivity contribution in [1.82, 2.24) is 10.6 Å². The number of nitrogens with one attached hydrogen (secondary N) is 2. The summed E-state index contributed by atoms with van der Waals surface area (Å²) in [6, 6.07) is 4.40. The van der Waals surface area contributed by atoms with E-state index in [1.807, 2.05) is 0 Å². The second kappa shape index (κ2) is 6.73. The number of ether oxygens (including phenoxy) is 1. The molecule has 1 saturated carbocycles. The third-order valence-electron chi connectivity index (χ3n) is 4.62. The number of aliphatic hydroxyl groups excluding tert-OH is 1. The molecule has 5 nitrogen and oxygen atoms in total. The van der Waals surface area contributed by atoms with Gasteiger partial charge in [0, 0.05) is 17.1 Å². The molecule has 1 heterocycles. The van der Waals surface area contributed by atoms with Crippen molar-refractivity contribution >= 4 is 17.5 Å². The molecule has 23 heavy (non-hydrogen) atoms. The Balaban J connectivity index is 1.70. The lowest BCUT2D eigenvalue weighted by molar-refractivity contribution is -0.139. The van der Waals surface area contributed by atoms with Crippen LogP contribution in [-0.2, 0) is 15.1 Å².